The standard InChI is InChI=1S/C19H33NO3/c1-2-3-4-5-6-7-8-9-10-11-12-13-14-20-16-18(22)17(21)15-19(20)23/h15-16,22-23H,2-14H2,1H3. The fourth-order valence-electron chi connectivity index (χ4n) is 2.85. The molecular weight excluding hydrogens is 290 g/mol. The van der Waals surface area contributed by atoms with Crippen molar-refractivity contribution in [2.75, 3.05) is 0 Å². The van der Waals surface area contributed by atoms with Gasteiger partial charge in [-0.15, -0.1) is 0 Å². The summed E-state index contributed by atoms with van der Waals surface area (Å²) in [5, 5.41) is 19.0. The van der Waals surface area contributed by atoms with Crippen LogP contribution in [-0.2, 0) is 6.54 Å². The van der Waals surface area contributed by atoms with Crippen LogP contribution in [0.3, 0.4) is 0 Å². The summed E-state index contributed by atoms with van der Waals surface area (Å²) in [6, 6.07) is 1.07. The van der Waals surface area contributed by atoms with E-state index in [4.69, 9.17) is 0 Å². The average molecular weight is 323 g/mol. The predicted molar refractivity (Wildman–Crippen MR) is 95.1 cm³/mol. The number of rotatable bonds is 13. The van der Waals surface area contributed by atoms with E-state index >= 15 is 0 Å². The Balaban J connectivity index is 1.98. The molecule has 0 amide bonds. The van der Waals surface area contributed by atoms with E-state index in [-0.39, 0.29) is 11.6 Å². The third-order valence-electron chi connectivity index (χ3n) is 4.34. The van der Waals surface area contributed by atoms with Crippen molar-refractivity contribution in [3.05, 3.63) is 22.5 Å². The second kappa shape index (κ2) is 12.0. The number of hydrogen-bond donors (Lipinski definition) is 2. The Hall–Kier alpha value is -1.45. The summed E-state index contributed by atoms with van der Waals surface area (Å²) in [6.07, 6.45) is 16.8. The van der Waals surface area contributed by atoms with Gasteiger partial charge >= 0.3 is 0 Å². The van der Waals surface area contributed by atoms with E-state index in [2.05, 4.69) is 6.92 Å². The minimum atomic E-state index is -0.534. The average Bonchev–Trinajstić information content (AvgIpc) is 2.53. The highest BCUT2D eigenvalue weighted by molar-refractivity contribution is 5.22. The highest BCUT2D eigenvalue weighted by Gasteiger charge is 2.03. The molecule has 4 heteroatoms. The van der Waals surface area contributed by atoms with Crippen molar-refractivity contribution in [1.82, 2.24) is 4.57 Å². The van der Waals surface area contributed by atoms with Crippen molar-refractivity contribution >= 4 is 0 Å². The summed E-state index contributed by atoms with van der Waals surface area (Å²) in [5.41, 5.74) is -0.534. The van der Waals surface area contributed by atoms with Gasteiger partial charge in [0, 0.05) is 12.6 Å². The highest BCUT2D eigenvalue weighted by atomic mass is 16.3. The lowest BCUT2D eigenvalue weighted by atomic mass is 10.1. The van der Waals surface area contributed by atoms with Gasteiger partial charge in [-0.3, -0.25) is 4.79 Å². The molecule has 2 N–H and O–H groups in total. The Morgan fingerprint density at radius 1 is 0.826 bits per heavy atom. The molecule has 0 fully saturated rings. The molecule has 0 bridgehead atoms. The SMILES string of the molecule is CCCCCCCCCCCCCCn1cc(O)c(=O)cc1O. The number of hydrogen-bond acceptors (Lipinski definition) is 3. The minimum Gasteiger partial charge on any atom is -0.503 e. The maximum atomic E-state index is 11.1. The molecule has 1 rings (SSSR count). The first-order valence-corrected chi connectivity index (χ1v) is 9.27. The summed E-state index contributed by atoms with van der Waals surface area (Å²) in [7, 11) is 0. The molecule has 0 saturated carbocycles. The maximum absolute atomic E-state index is 11.1. The van der Waals surface area contributed by atoms with Gasteiger partial charge in [0.1, 0.15) is 0 Å². The van der Waals surface area contributed by atoms with Crippen molar-refractivity contribution in [2.24, 2.45) is 0 Å². The van der Waals surface area contributed by atoms with Crippen LogP contribution in [0.5, 0.6) is 11.6 Å². The lowest BCUT2D eigenvalue weighted by Crippen LogP contribution is -2.06. The smallest absolute Gasteiger partial charge is 0.226 e. The first kappa shape index (κ1) is 19.6. The number of aromatic hydroxyl groups is 2. The summed E-state index contributed by atoms with van der Waals surface area (Å²) < 4.78 is 1.53. The predicted octanol–water partition coefficient (Wildman–Crippen LogP) is 4.96. The molecule has 0 atom stereocenters. The van der Waals surface area contributed by atoms with Crippen LogP contribution in [0.15, 0.2) is 17.1 Å². The number of aromatic nitrogens is 1. The quantitative estimate of drug-likeness (QED) is 0.504. The molecule has 0 spiro atoms. The Kier molecular flexibility index (Phi) is 10.3. The Morgan fingerprint density at radius 2 is 1.30 bits per heavy atom. The van der Waals surface area contributed by atoms with Crippen molar-refractivity contribution in [3.63, 3.8) is 0 Å². The van der Waals surface area contributed by atoms with Crippen LogP contribution in [0, 0.1) is 0 Å². The fraction of sp³-hybridized carbons (Fsp3) is 0.737. The maximum Gasteiger partial charge on any atom is 0.226 e. The van der Waals surface area contributed by atoms with Gasteiger partial charge in [-0.05, 0) is 6.42 Å². The van der Waals surface area contributed by atoms with Gasteiger partial charge in [-0.2, -0.15) is 0 Å². The van der Waals surface area contributed by atoms with Crippen LogP contribution >= 0.6 is 0 Å². The van der Waals surface area contributed by atoms with E-state index in [1.54, 1.807) is 0 Å². The Bertz CT molecular complexity index is 482. The molecule has 0 saturated heterocycles. The molecule has 4 nitrogen and oxygen atoms in total. The van der Waals surface area contributed by atoms with Gasteiger partial charge in [-0.25, -0.2) is 0 Å². The largest absolute Gasteiger partial charge is 0.503 e. The zero-order chi connectivity index (χ0) is 16.9. The third-order valence-corrected chi connectivity index (χ3v) is 4.34. The number of pyridine rings is 1. The zero-order valence-corrected chi connectivity index (χ0v) is 14.6. The summed E-state index contributed by atoms with van der Waals surface area (Å²) >= 11 is 0. The monoisotopic (exact) mass is 323 g/mol. The van der Waals surface area contributed by atoms with E-state index in [0.29, 0.717) is 6.54 Å². The molecule has 1 aromatic heterocycles. The molecule has 0 aliphatic carbocycles. The van der Waals surface area contributed by atoms with Crippen LogP contribution in [0.1, 0.15) is 84.0 Å². The highest BCUT2D eigenvalue weighted by Crippen LogP contribution is 2.14. The summed E-state index contributed by atoms with van der Waals surface area (Å²) in [6.45, 7) is 2.89. The number of nitrogens with zero attached hydrogens (tertiary/aromatic N) is 1. The first-order valence-electron chi connectivity index (χ1n) is 9.27. The fourth-order valence-corrected chi connectivity index (χ4v) is 2.85. The first-order chi connectivity index (χ1) is 11.1. The van der Waals surface area contributed by atoms with Gasteiger partial charge in [0.15, 0.2) is 11.6 Å². The van der Waals surface area contributed by atoms with Crippen molar-refractivity contribution in [1.29, 1.82) is 0 Å². The van der Waals surface area contributed by atoms with Crippen LogP contribution in [-0.4, -0.2) is 14.8 Å². The zero-order valence-electron chi connectivity index (χ0n) is 14.6. The summed E-state index contributed by atoms with van der Waals surface area (Å²) in [4.78, 5) is 11.1. The van der Waals surface area contributed by atoms with Crippen LogP contribution in [0.2, 0.25) is 0 Å². The lowest BCUT2D eigenvalue weighted by Gasteiger charge is -2.09. The normalized spacial score (nSPS) is 11.0. The molecule has 0 radical (unpaired) electrons. The topological polar surface area (TPSA) is 62.5 Å². The molecule has 1 heterocycles. The van der Waals surface area contributed by atoms with Gasteiger partial charge < -0.3 is 14.8 Å². The third kappa shape index (κ3) is 8.68. The molecular formula is C19H33NO3. The molecule has 0 aromatic carbocycles. The van der Waals surface area contributed by atoms with Crippen molar-refractivity contribution in [2.45, 2.75) is 90.5 Å². The van der Waals surface area contributed by atoms with Gasteiger partial charge in [0.2, 0.25) is 5.43 Å². The van der Waals surface area contributed by atoms with Gasteiger partial charge in [0.05, 0.1) is 6.20 Å². The second-order valence-electron chi connectivity index (χ2n) is 6.46. The molecule has 132 valence electrons. The van der Waals surface area contributed by atoms with E-state index in [0.717, 1.165) is 18.9 Å². The molecule has 23 heavy (non-hydrogen) atoms. The van der Waals surface area contributed by atoms with Gasteiger partial charge in [0.25, 0.3) is 0 Å². The van der Waals surface area contributed by atoms with Crippen LogP contribution in [0.25, 0.3) is 0 Å². The van der Waals surface area contributed by atoms with E-state index in [1.807, 2.05) is 0 Å². The molecule has 0 aliphatic rings. The minimum absolute atomic E-state index is 0.0733. The van der Waals surface area contributed by atoms with E-state index in [9.17, 15) is 15.0 Å². The number of aryl methyl sites for hydroxylation is 1. The molecule has 0 unspecified atom stereocenters. The molecule has 1 aromatic rings. The van der Waals surface area contributed by atoms with Crippen molar-refractivity contribution < 1.29 is 10.2 Å². The Morgan fingerprint density at radius 3 is 1.83 bits per heavy atom. The van der Waals surface area contributed by atoms with Crippen LogP contribution in [0.4, 0.5) is 0 Å². The number of unbranched alkanes of at least 4 members (excludes halogenated alkanes) is 11. The van der Waals surface area contributed by atoms with Gasteiger partial charge in [-0.1, -0.05) is 77.6 Å². The van der Waals surface area contributed by atoms with Crippen LogP contribution < -0.4 is 5.43 Å². The van der Waals surface area contributed by atoms with E-state index in [1.165, 1.54) is 75.0 Å². The summed E-state index contributed by atoms with van der Waals surface area (Å²) in [5.74, 6) is -0.377. The van der Waals surface area contributed by atoms with Crippen molar-refractivity contribution in [3.8, 4) is 11.6 Å². The Labute approximate surface area is 140 Å². The van der Waals surface area contributed by atoms with E-state index < -0.39 is 5.43 Å². The second-order valence-corrected chi connectivity index (χ2v) is 6.46. The molecule has 0 aliphatic heterocycles. The lowest BCUT2D eigenvalue weighted by molar-refractivity contribution is 0.390.